The number of hydrogen-bond acceptors (Lipinski definition) is 3. The van der Waals surface area contributed by atoms with Gasteiger partial charge in [0.2, 0.25) is 0 Å². The van der Waals surface area contributed by atoms with Crippen molar-refractivity contribution in [3.63, 3.8) is 0 Å². The second-order valence-electron chi connectivity index (χ2n) is 5.57. The molecule has 1 aromatic rings. The van der Waals surface area contributed by atoms with E-state index in [4.69, 9.17) is 4.84 Å². The van der Waals surface area contributed by atoms with E-state index in [9.17, 15) is 23.1 Å². The number of carboxylic acids is 1. The third-order valence-electron chi connectivity index (χ3n) is 3.71. The molecule has 1 aliphatic rings. The second kappa shape index (κ2) is 5.98. The Labute approximate surface area is 125 Å². The van der Waals surface area contributed by atoms with Crippen molar-refractivity contribution in [2.75, 3.05) is 0 Å². The third kappa shape index (κ3) is 3.78. The molecule has 0 amide bonds. The molecule has 4 nitrogen and oxygen atoms in total. The normalized spacial score (nSPS) is 18.3. The van der Waals surface area contributed by atoms with Gasteiger partial charge in [-0.15, -0.1) is 0 Å². The molecule has 1 aromatic carbocycles. The van der Waals surface area contributed by atoms with Crippen molar-refractivity contribution >= 4 is 11.7 Å². The molecule has 2 rings (SSSR count). The Morgan fingerprint density at radius 3 is 2.23 bits per heavy atom. The van der Waals surface area contributed by atoms with Gasteiger partial charge in [-0.2, -0.15) is 13.2 Å². The summed E-state index contributed by atoms with van der Waals surface area (Å²) in [4.78, 5) is 16.6. The SMILES string of the molecule is CC1(ON=C(C(=O)O)c2ccc(C(F)(F)F)cc2)CCCC1. The molecule has 0 spiro atoms. The number of nitrogens with zero attached hydrogens (tertiary/aromatic N) is 1. The average Bonchev–Trinajstić information content (AvgIpc) is 2.85. The predicted octanol–water partition coefficient (Wildman–Crippen LogP) is 3.84. The molecule has 120 valence electrons. The van der Waals surface area contributed by atoms with Crippen LogP contribution in [0.2, 0.25) is 0 Å². The third-order valence-corrected chi connectivity index (χ3v) is 3.71. The highest BCUT2D eigenvalue weighted by Crippen LogP contribution is 2.33. The van der Waals surface area contributed by atoms with Gasteiger partial charge in [-0.05, 0) is 44.7 Å². The Morgan fingerprint density at radius 1 is 1.23 bits per heavy atom. The number of carboxylic acid groups (broad SMARTS) is 1. The maximum Gasteiger partial charge on any atom is 0.416 e. The Balaban J connectivity index is 2.22. The average molecular weight is 315 g/mol. The summed E-state index contributed by atoms with van der Waals surface area (Å²) in [6.45, 7) is 1.84. The summed E-state index contributed by atoms with van der Waals surface area (Å²) in [5.41, 5.74) is -1.68. The molecule has 0 heterocycles. The molecule has 1 N–H and O–H groups in total. The Morgan fingerprint density at radius 2 is 1.77 bits per heavy atom. The first-order chi connectivity index (χ1) is 10.2. The topological polar surface area (TPSA) is 58.9 Å². The van der Waals surface area contributed by atoms with Gasteiger partial charge in [-0.3, -0.25) is 0 Å². The van der Waals surface area contributed by atoms with Crippen LogP contribution in [0.3, 0.4) is 0 Å². The van der Waals surface area contributed by atoms with Gasteiger partial charge in [0.05, 0.1) is 5.56 Å². The van der Waals surface area contributed by atoms with Crippen LogP contribution in [0.1, 0.15) is 43.7 Å². The fourth-order valence-electron chi connectivity index (χ4n) is 2.40. The van der Waals surface area contributed by atoms with Crippen LogP contribution in [-0.2, 0) is 15.8 Å². The minimum atomic E-state index is -4.47. The molecule has 0 bridgehead atoms. The number of rotatable bonds is 4. The second-order valence-corrected chi connectivity index (χ2v) is 5.57. The molecule has 7 heteroatoms. The predicted molar refractivity (Wildman–Crippen MR) is 73.6 cm³/mol. The van der Waals surface area contributed by atoms with Crippen molar-refractivity contribution in [2.24, 2.45) is 5.16 Å². The first kappa shape index (κ1) is 16.3. The number of aliphatic carboxylic acids is 1. The van der Waals surface area contributed by atoms with Gasteiger partial charge in [0, 0.05) is 5.56 Å². The van der Waals surface area contributed by atoms with E-state index < -0.39 is 29.0 Å². The number of hydrogen-bond donors (Lipinski definition) is 1. The van der Waals surface area contributed by atoms with Crippen LogP contribution < -0.4 is 0 Å². The van der Waals surface area contributed by atoms with Gasteiger partial charge in [-0.25, -0.2) is 4.79 Å². The smallest absolute Gasteiger partial charge is 0.416 e. The highest BCUT2D eigenvalue weighted by molar-refractivity contribution is 6.42. The molecule has 0 atom stereocenters. The van der Waals surface area contributed by atoms with Gasteiger partial charge in [-0.1, -0.05) is 17.3 Å². The zero-order valence-corrected chi connectivity index (χ0v) is 12.0. The standard InChI is InChI=1S/C15H16F3NO3/c1-14(8-2-3-9-14)22-19-12(13(20)21)10-4-6-11(7-5-10)15(16,17)18/h4-7H,2-3,8-9H2,1H3,(H,20,21). The summed E-state index contributed by atoms with van der Waals surface area (Å²) in [6, 6.07) is 3.81. The minimum absolute atomic E-state index is 0.0714. The summed E-state index contributed by atoms with van der Waals surface area (Å²) in [7, 11) is 0. The van der Waals surface area contributed by atoms with E-state index in [0.717, 1.165) is 49.9 Å². The number of halogens is 3. The summed E-state index contributed by atoms with van der Waals surface area (Å²) >= 11 is 0. The molecule has 1 aliphatic carbocycles. The molecule has 1 saturated carbocycles. The highest BCUT2D eigenvalue weighted by Gasteiger charge is 2.32. The highest BCUT2D eigenvalue weighted by atomic mass is 19.4. The van der Waals surface area contributed by atoms with Crippen LogP contribution in [0.15, 0.2) is 29.4 Å². The number of alkyl halides is 3. The van der Waals surface area contributed by atoms with Crippen LogP contribution in [0.5, 0.6) is 0 Å². The van der Waals surface area contributed by atoms with E-state index in [0.29, 0.717) is 0 Å². The Kier molecular flexibility index (Phi) is 4.44. The molecular formula is C15H16F3NO3. The van der Waals surface area contributed by atoms with Crippen molar-refractivity contribution in [2.45, 2.75) is 44.4 Å². The Hall–Kier alpha value is -2.05. The van der Waals surface area contributed by atoms with E-state index in [1.165, 1.54) is 0 Å². The lowest BCUT2D eigenvalue weighted by Crippen LogP contribution is -2.24. The minimum Gasteiger partial charge on any atom is -0.476 e. The van der Waals surface area contributed by atoms with Crippen LogP contribution in [0, 0.1) is 0 Å². The van der Waals surface area contributed by atoms with Gasteiger partial charge >= 0.3 is 12.1 Å². The summed E-state index contributed by atoms with van der Waals surface area (Å²) in [6.07, 6.45) is -0.955. The van der Waals surface area contributed by atoms with Crippen LogP contribution in [0.25, 0.3) is 0 Å². The lowest BCUT2D eigenvalue weighted by atomic mass is 10.1. The van der Waals surface area contributed by atoms with Gasteiger partial charge < -0.3 is 9.94 Å². The molecule has 0 unspecified atom stereocenters. The van der Waals surface area contributed by atoms with E-state index in [-0.39, 0.29) is 5.56 Å². The Bertz CT molecular complexity index is 573. The first-order valence-corrected chi connectivity index (χ1v) is 6.88. The number of benzene rings is 1. The molecule has 22 heavy (non-hydrogen) atoms. The maximum absolute atomic E-state index is 12.5. The van der Waals surface area contributed by atoms with Gasteiger partial charge in [0.1, 0.15) is 5.60 Å². The van der Waals surface area contributed by atoms with Crippen LogP contribution in [0.4, 0.5) is 13.2 Å². The molecule has 0 saturated heterocycles. The quantitative estimate of drug-likeness (QED) is 0.678. The van der Waals surface area contributed by atoms with E-state index in [2.05, 4.69) is 5.16 Å². The van der Waals surface area contributed by atoms with Crippen molar-refractivity contribution in [3.8, 4) is 0 Å². The van der Waals surface area contributed by atoms with Crippen molar-refractivity contribution in [3.05, 3.63) is 35.4 Å². The fraction of sp³-hybridized carbons (Fsp3) is 0.467. The molecule has 0 aliphatic heterocycles. The lowest BCUT2D eigenvalue weighted by molar-refractivity contribution is -0.137. The van der Waals surface area contributed by atoms with Crippen LogP contribution >= 0.6 is 0 Å². The molecule has 0 aromatic heterocycles. The number of carbonyl (C=O) groups is 1. The summed E-state index contributed by atoms with van der Waals surface area (Å²) < 4.78 is 37.5. The van der Waals surface area contributed by atoms with Crippen molar-refractivity contribution in [1.82, 2.24) is 0 Å². The lowest BCUT2D eigenvalue weighted by Gasteiger charge is -2.21. The fourth-order valence-corrected chi connectivity index (χ4v) is 2.40. The molecule has 1 fully saturated rings. The molecule has 0 radical (unpaired) electrons. The summed E-state index contributed by atoms with van der Waals surface area (Å²) in [5, 5.41) is 12.9. The zero-order chi connectivity index (χ0) is 16.4. The van der Waals surface area contributed by atoms with E-state index in [1.54, 1.807) is 0 Å². The summed E-state index contributed by atoms with van der Waals surface area (Å²) in [5.74, 6) is -1.35. The van der Waals surface area contributed by atoms with Gasteiger partial charge in [0.25, 0.3) is 0 Å². The monoisotopic (exact) mass is 315 g/mol. The van der Waals surface area contributed by atoms with Crippen LogP contribution in [-0.4, -0.2) is 22.4 Å². The van der Waals surface area contributed by atoms with E-state index >= 15 is 0 Å². The van der Waals surface area contributed by atoms with E-state index in [1.807, 2.05) is 6.92 Å². The van der Waals surface area contributed by atoms with Crippen molar-refractivity contribution < 1.29 is 27.9 Å². The number of oxime groups is 1. The zero-order valence-electron chi connectivity index (χ0n) is 12.0. The largest absolute Gasteiger partial charge is 0.476 e. The first-order valence-electron chi connectivity index (χ1n) is 6.88. The van der Waals surface area contributed by atoms with Crippen molar-refractivity contribution in [1.29, 1.82) is 0 Å². The van der Waals surface area contributed by atoms with Gasteiger partial charge in [0.15, 0.2) is 5.71 Å². The molecular weight excluding hydrogens is 299 g/mol. The maximum atomic E-state index is 12.5.